The number of nitrogens with one attached hydrogen (secondary N) is 1. The van der Waals surface area contributed by atoms with E-state index in [1.165, 1.54) is 0 Å². The fourth-order valence-corrected chi connectivity index (χ4v) is 2.51. The lowest BCUT2D eigenvalue weighted by Gasteiger charge is -2.17. The molecule has 3 N–H and O–H groups in total. The van der Waals surface area contributed by atoms with Crippen molar-refractivity contribution in [2.45, 2.75) is 6.04 Å². The van der Waals surface area contributed by atoms with E-state index in [2.05, 4.69) is 5.32 Å². The number of rotatable bonds is 5. The second kappa shape index (κ2) is 6.50. The molecule has 1 unspecified atom stereocenters. The molecule has 0 aliphatic carbocycles. The zero-order valence-electron chi connectivity index (χ0n) is 12.4. The quantitative estimate of drug-likeness (QED) is 0.825. The van der Waals surface area contributed by atoms with Crippen LogP contribution in [0.4, 0.5) is 10.5 Å². The first-order valence-electron chi connectivity index (χ1n) is 7.33. The number of benzene rings is 2. The Morgan fingerprint density at radius 1 is 1.04 bits per heavy atom. The molecule has 23 heavy (non-hydrogen) atoms. The van der Waals surface area contributed by atoms with E-state index in [9.17, 15) is 9.59 Å². The third kappa shape index (κ3) is 2.89. The number of urea groups is 1. The van der Waals surface area contributed by atoms with Crippen molar-refractivity contribution in [3.8, 4) is 5.75 Å². The zero-order valence-corrected chi connectivity index (χ0v) is 12.4. The maximum Gasteiger partial charge on any atom is 0.329 e. The highest BCUT2D eigenvalue weighted by Crippen LogP contribution is 2.33. The standard InChI is InChI=1S/C17H17N3O3/c18-10-11-23-14-9-5-4-8-13(14)20-16(21)15(19-17(20)22)12-6-2-1-3-7-12/h1-9,15H,10-11,18H2,(H,19,22). The molecule has 1 aliphatic rings. The second-order valence-corrected chi connectivity index (χ2v) is 5.07. The molecular formula is C17H17N3O3. The van der Waals surface area contributed by atoms with Gasteiger partial charge in [0.25, 0.3) is 5.91 Å². The number of carbonyl (C=O) groups is 2. The number of ether oxygens (including phenoxy) is 1. The predicted octanol–water partition coefficient (Wildman–Crippen LogP) is 1.82. The van der Waals surface area contributed by atoms with Gasteiger partial charge in [0.1, 0.15) is 18.4 Å². The van der Waals surface area contributed by atoms with Gasteiger partial charge in [-0.2, -0.15) is 0 Å². The van der Waals surface area contributed by atoms with E-state index in [1.807, 2.05) is 30.3 Å². The van der Waals surface area contributed by atoms with Crippen LogP contribution >= 0.6 is 0 Å². The van der Waals surface area contributed by atoms with Gasteiger partial charge in [0, 0.05) is 6.54 Å². The lowest BCUT2D eigenvalue weighted by atomic mass is 10.1. The molecule has 0 radical (unpaired) electrons. The molecule has 6 nitrogen and oxygen atoms in total. The predicted molar refractivity (Wildman–Crippen MR) is 86.2 cm³/mol. The summed E-state index contributed by atoms with van der Waals surface area (Å²) in [7, 11) is 0. The first kappa shape index (κ1) is 15.1. The fourth-order valence-electron chi connectivity index (χ4n) is 2.51. The summed E-state index contributed by atoms with van der Waals surface area (Å²) in [5.74, 6) is 0.125. The SMILES string of the molecule is NCCOc1ccccc1N1C(=O)NC(c2ccccc2)C1=O. The number of nitrogens with two attached hydrogens (primary N) is 1. The summed E-state index contributed by atoms with van der Waals surface area (Å²) < 4.78 is 5.54. The third-order valence-electron chi connectivity index (χ3n) is 3.55. The summed E-state index contributed by atoms with van der Waals surface area (Å²) in [5, 5.41) is 2.71. The third-order valence-corrected chi connectivity index (χ3v) is 3.55. The molecular weight excluding hydrogens is 294 g/mol. The molecule has 2 aromatic carbocycles. The fraction of sp³-hybridized carbons (Fsp3) is 0.176. The molecule has 118 valence electrons. The summed E-state index contributed by atoms with van der Waals surface area (Å²) >= 11 is 0. The Balaban J connectivity index is 1.92. The van der Waals surface area contributed by atoms with Gasteiger partial charge in [-0.05, 0) is 17.7 Å². The van der Waals surface area contributed by atoms with Gasteiger partial charge >= 0.3 is 6.03 Å². The Morgan fingerprint density at radius 3 is 2.48 bits per heavy atom. The van der Waals surface area contributed by atoms with Crippen LogP contribution in [0.1, 0.15) is 11.6 Å². The summed E-state index contributed by atoms with van der Waals surface area (Å²) in [5.41, 5.74) is 6.61. The normalized spacial score (nSPS) is 17.3. The van der Waals surface area contributed by atoms with Gasteiger partial charge in [-0.25, -0.2) is 9.69 Å². The molecule has 0 bridgehead atoms. The minimum absolute atomic E-state index is 0.308. The molecule has 6 heteroatoms. The maximum atomic E-state index is 12.7. The van der Waals surface area contributed by atoms with Crippen molar-refractivity contribution in [2.24, 2.45) is 5.73 Å². The molecule has 1 saturated heterocycles. The number of anilines is 1. The van der Waals surface area contributed by atoms with Crippen molar-refractivity contribution < 1.29 is 14.3 Å². The Bertz CT molecular complexity index is 718. The molecule has 1 fully saturated rings. The van der Waals surface area contributed by atoms with Gasteiger partial charge < -0.3 is 15.8 Å². The Labute approximate surface area is 133 Å². The lowest BCUT2D eigenvalue weighted by Crippen LogP contribution is -2.31. The highest BCUT2D eigenvalue weighted by atomic mass is 16.5. The van der Waals surface area contributed by atoms with Gasteiger partial charge in [0.15, 0.2) is 0 Å². The van der Waals surface area contributed by atoms with Gasteiger partial charge in [-0.1, -0.05) is 42.5 Å². The molecule has 0 spiro atoms. The number of para-hydroxylation sites is 2. The van der Waals surface area contributed by atoms with Crippen LogP contribution in [0.3, 0.4) is 0 Å². The topological polar surface area (TPSA) is 84.7 Å². The van der Waals surface area contributed by atoms with Gasteiger partial charge in [-0.3, -0.25) is 4.79 Å². The summed E-state index contributed by atoms with van der Waals surface area (Å²) in [4.78, 5) is 26.1. The number of hydrogen-bond donors (Lipinski definition) is 2. The van der Waals surface area contributed by atoms with Crippen LogP contribution in [0.25, 0.3) is 0 Å². The number of amides is 3. The van der Waals surface area contributed by atoms with Crippen LogP contribution in [0.5, 0.6) is 5.75 Å². The van der Waals surface area contributed by atoms with Crippen molar-refractivity contribution in [1.29, 1.82) is 0 Å². The number of carbonyl (C=O) groups excluding carboxylic acids is 2. The molecule has 2 aromatic rings. The van der Waals surface area contributed by atoms with Crippen LogP contribution in [0, 0.1) is 0 Å². The molecule has 3 rings (SSSR count). The molecule has 1 heterocycles. The minimum atomic E-state index is -0.689. The van der Waals surface area contributed by atoms with Crippen molar-refractivity contribution in [2.75, 3.05) is 18.1 Å². The molecule has 1 atom stereocenters. The Hall–Kier alpha value is -2.86. The number of nitrogens with zero attached hydrogens (tertiary/aromatic N) is 1. The Morgan fingerprint density at radius 2 is 1.74 bits per heavy atom. The average Bonchev–Trinajstić information content (AvgIpc) is 2.88. The van der Waals surface area contributed by atoms with Crippen LogP contribution in [-0.2, 0) is 4.79 Å². The van der Waals surface area contributed by atoms with Crippen LogP contribution < -0.4 is 20.7 Å². The lowest BCUT2D eigenvalue weighted by molar-refractivity contribution is -0.118. The summed E-state index contributed by atoms with van der Waals surface area (Å²) in [6.45, 7) is 0.657. The second-order valence-electron chi connectivity index (χ2n) is 5.07. The van der Waals surface area contributed by atoms with Gasteiger partial charge in [0.2, 0.25) is 0 Å². The van der Waals surface area contributed by atoms with E-state index in [-0.39, 0.29) is 5.91 Å². The van der Waals surface area contributed by atoms with Crippen molar-refractivity contribution in [3.05, 3.63) is 60.2 Å². The van der Waals surface area contributed by atoms with E-state index in [4.69, 9.17) is 10.5 Å². The number of imide groups is 1. The zero-order chi connectivity index (χ0) is 16.2. The molecule has 3 amide bonds. The first-order valence-corrected chi connectivity index (χ1v) is 7.33. The molecule has 0 aromatic heterocycles. The highest BCUT2D eigenvalue weighted by molar-refractivity contribution is 6.22. The van der Waals surface area contributed by atoms with Crippen LogP contribution in [-0.4, -0.2) is 25.1 Å². The van der Waals surface area contributed by atoms with Crippen molar-refractivity contribution in [3.63, 3.8) is 0 Å². The average molecular weight is 311 g/mol. The van der Waals surface area contributed by atoms with Crippen LogP contribution in [0.15, 0.2) is 54.6 Å². The van der Waals surface area contributed by atoms with Crippen LogP contribution in [0.2, 0.25) is 0 Å². The Kier molecular flexibility index (Phi) is 4.25. The molecule has 0 saturated carbocycles. The van der Waals surface area contributed by atoms with Gasteiger partial charge in [-0.15, -0.1) is 0 Å². The smallest absolute Gasteiger partial charge is 0.329 e. The van der Waals surface area contributed by atoms with E-state index in [0.717, 1.165) is 10.5 Å². The minimum Gasteiger partial charge on any atom is -0.490 e. The van der Waals surface area contributed by atoms with E-state index in [1.54, 1.807) is 24.3 Å². The number of hydrogen-bond acceptors (Lipinski definition) is 4. The van der Waals surface area contributed by atoms with Crippen molar-refractivity contribution >= 4 is 17.6 Å². The van der Waals surface area contributed by atoms with E-state index >= 15 is 0 Å². The highest BCUT2D eigenvalue weighted by Gasteiger charge is 2.40. The van der Waals surface area contributed by atoms with Crippen molar-refractivity contribution in [1.82, 2.24) is 5.32 Å². The maximum absolute atomic E-state index is 12.7. The van der Waals surface area contributed by atoms with E-state index < -0.39 is 12.1 Å². The monoisotopic (exact) mass is 311 g/mol. The summed E-state index contributed by atoms with van der Waals surface area (Å²) in [6, 6.07) is 14.9. The van der Waals surface area contributed by atoms with Gasteiger partial charge in [0.05, 0.1) is 5.69 Å². The first-order chi connectivity index (χ1) is 11.2. The largest absolute Gasteiger partial charge is 0.490 e. The molecule has 1 aliphatic heterocycles. The summed E-state index contributed by atoms with van der Waals surface area (Å²) in [6.07, 6.45) is 0. The van der Waals surface area contributed by atoms with E-state index in [0.29, 0.717) is 24.6 Å².